The zero-order chi connectivity index (χ0) is 12.3. The van der Waals surface area contributed by atoms with Gasteiger partial charge >= 0.3 is 0 Å². The highest BCUT2D eigenvalue weighted by Crippen LogP contribution is 2.21. The molecule has 0 aromatic heterocycles. The van der Waals surface area contributed by atoms with Gasteiger partial charge in [0.15, 0.2) is 5.78 Å². The fraction of sp³-hybridized carbons (Fsp3) is 0.500. The van der Waals surface area contributed by atoms with Crippen LogP contribution in [-0.2, 0) is 13.0 Å². The third-order valence-electron chi connectivity index (χ3n) is 3.07. The van der Waals surface area contributed by atoms with E-state index >= 15 is 0 Å². The fourth-order valence-corrected chi connectivity index (χ4v) is 2.02. The molecule has 0 saturated carbocycles. The van der Waals surface area contributed by atoms with Gasteiger partial charge in [-0.3, -0.25) is 4.79 Å². The molecular formula is C14H21NO. The van der Waals surface area contributed by atoms with Gasteiger partial charge in [-0.05, 0) is 30.0 Å². The van der Waals surface area contributed by atoms with Crippen molar-refractivity contribution in [2.75, 3.05) is 0 Å². The maximum Gasteiger partial charge on any atom is 0.165 e. The first kappa shape index (κ1) is 12.9. The van der Waals surface area contributed by atoms with Gasteiger partial charge in [-0.15, -0.1) is 0 Å². The molecule has 0 heterocycles. The monoisotopic (exact) mass is 219 g/mol. The number of carbonyl (C=O) groups is 1. The van der Waals surface area contributed by atoms with Gasteiger partial charge in [0, 0.05) is 18.0 Å². The Morgan fingerprint density at radius 2 is 2.00 bits per heavy atom. The Balaban J connectivity index is 3.31. The minimum absolute atomic E-state index is 0.0495. The minimum Gasteiger partial charge on any atom is -0.326 e. The number of carbonyl (C=O) groups excluding carboxylic acids is 1. The van der Waals surface area contributed by atoms with Crippen LogP contribution in [0.2, 0.25) is 0 Å². The molecule has 0 amide bonds. The van der Waals surface area contributed by atoms with Crippen molar-refractivity contribution >= 4 is 5.78 Å². The summed E-state index contributed by atoms with van der Waals surface area (Å²) in [5, 5.41) is 0. The van der Waals surface area contributed by atoms with E-state index in [-0.39, 0.29) is 11.7 Å². The first-order chi connectivity index (χ1) is 7.52. The first-order valence-electron chi connectivity index (χ1n) is 5.88. The van der Waals surface area contributed by atoms with Gasteiger partial charge < -0.3 is 5.73 Å². The van der Waals surface area contributed by atoms with Crippen LogP contribution in [0.1, 0.15) is 47.8 Å². The second-order valence-electron chi connectivity index (χ2n) is 4.45. The van der Waals surface area contributed by atoms with Crippen molar-refractivity contribution < 1.29 is 4.79 Å². The Kier molecular flexibility index (Phi) is 4.25. The zero-order valence-corrected chi connectivity index (χ0v) is 10.6. The molecule has 2 heteroatoms. The second-order valence-corrected chi connectivity index (χ2v) is 4.45. The molecule has 0 aliphatic carbocycles. The van der Waals surface area contributed by atoms with Crippen LogP contribution in [0, 0.1) is 12.8 Å². The summed E-state index contributed by atoms with van der Waals surface area (Å²) in [5.41, 5.74) is 10.0. The minimum atomic E-state index is 0.0495. The topological polar surface area (TPSA) is 43.1 Å². The van der Waals surface area contributed by atoms with Gasteiger partial charge in [0.2, 0.25) is 0 Å². The Bertz CT molecular complexity index is 394. The first-order valence-corrected chi connectivity index (χ1v) is 5.88. The van der Waals surface area contributed by atoms with E-state index in [1.165, 1.54) is 5.56 Å². The molecule has 88 valence electrons. The van der Waals surface area contributed by atoms with E-state index in [4.69, 9.17) is 5.73 Å². The predicted molar refractivity (Wildman–Crippen MR) is 67.6 cm³/mol. The molecule has 0 fully saturated rings. The predicted octanol–water partition coefficient (Wildman–Crippen LogP) is 2.85. The second kappa shape index (κ2) is 5.26. The molecule has 1 aromatic rings. The van der Waals surface area contributed by atoms with Crippen LogP contribution in [0.3, 0.4) is 0 Å². The lowest BCUT2D eigenvalue weighted by Gasteiger charge is -2.15. The smallest absolute Gasteiger partial charge is 0.165 e. The van der Waals surface area contributed by atoms with E-state index in [0.717, 1.165) is 23.1 Å². The van der Waals surface area contributed by atoms with E-state index in [1.807, 2.05) is 26.0 Å². The summed E-state index contributed by atoms with van der Waals surface area (Å²) in [6.07, 6.45) is 0.882. The summed E-state index contributed by atoms with van der Waals surface area (Å²) in [7, 11) is 0. The summed E-state index contributed by atoms with van der Waals surface area (Å²) >= 11 is 0. The van der Waals surface area contributed by atoms with Crippen LogP contribution >= 0.6 is 0 Å². The molecule has 0 radical (unpaired) electrons. The van der Waals surface area contributed by atoms with E-state index < -0.39 is 0 Å². The molecule has 0 unspecified atom stereocenters. The lowest BCUT2D eigenvalue weighted by molar-refractivity contribution is 0.0938. The van der Waals surface area contributed by atoms with Crippen molar-refractivity contribution in [3.63, 3.8) is 0 Å². The molecule has 1 rings (SSSR count). The van der Waals surface area contributed by atoms with Crippen LogP contribution in [-0.4, -0.2) is 5.78 Å². The Labute approximate surface area is 97.9 Å². The SMILES string of the molecule is CCc1c(C(=O)C(C)C)ccc(CN)c1C. The van der Waals surface area contributed by atoms with Crippen LogP contribution in [0.5, 0.6) is 0 Å². The largest absolute Gasteiger partial charge is 0.326 e. The number of nitrogens with two attached hydrogens (primary N) is 1. The van der Waals surface area contributed by atoms with Crippen molar-refractivity contribution in [2.45, 2.75) is 40.7 Å². The Morgan fingerprint density at radius 3 is 2.44 bits per heavy atom. The quantitative estimate of drug-likeness (QED) is 0.791. The van der Waals surface area contributed by atoms with Gasteiger partial charge in [0.05, 0.1) is 0 Å². The lowest BCUT2D eigenvalue weighted by atomic mass is 9.90. The Morgan fingerprint density at radius 1 is 1.38 bits per heavy atom. The third-order valence-corrected chi connectivity index (χ3v) is 3.07. The molecule has 0 spiro atoms. The maximum atomic E-state index is 12.0. The average molecular weight is 219 g/mol. The van der Waals surface area contributed by atoms with Gasteiger partial charge in [-0.2, -0.15) is 0 Å². The van der Waals surface area contributed by atoms with Crippen molar-refractivity contribution in [3.05, 3.63) is 34.4 Å². The third kappa shape index (κ3) is 2.33. The molecule has 2 N–H and O–H groups in total. The highest BCUT2D eigenvalue weighted by atomic mass is 16.1. The number of ketones is 1. The molecule has 0 atom stereocenters. The zero-order valence-electron chi connectivity index (χ0n) is 10.6. The number of benzene rings is 1. The summed E-state index contributed by atoms with van der Waals surface area (Å²) in [6.45, 7) is 8.55. The molecule has 0 aliphatic heterocycles. The van der Waals surface area contributed by atoms with Gasteiger partial charge in [0.25, 0.3) is 0 Å². The number of hydrogen-bond donors (Lipinski definition) is 1. The molecular weight excluding hydrogens is 198 g/mol. The van der Waals surface area contributed by atoms with Gasteiger partial charge in [-0.25, -0.2) is 0 Å². The van der Waals surface area contributed by atoms with Crippen molar-refractivity contribution in [2.24, 2.45) is 11.7 Å². The standard InChI is InChI=1S/C14H21NO/c1-5-12-10(4)11(8-15)6-7-13(12)14(16)9(2)3/h6-7,9H,5,8,15H2,1-4H3. The van der Waals surface area contributed by atoms with Gasteiger partial charge in [-0.1, -0.05) is 32.9 Å². The molecule has 1 aromatic carbocycles. The number of hydrogen-bond acceptors (Lipinski definition) is 2. The van der Waals surface area contributed by atoms with Gasteiger partial charge in [0.1, 0.15) is 0 Å². The summed E-state index contributed by atoms with van der Waals surface area (Å²) < 4.78 is 0. The van der Waals surface area contributed by atoms with Crippen molar-refractivity contribution in [1.29, 1.82) is 0 Å². The summed E-state index contributed by atoms with van der Waals surface area (Å²) in [5.74, 6) is 0.275. The normalized spacial score (nSPS) is 10.9. The van der Waals surface area contributed by atoms with Crippen LogP contribution in [0.25, 0.3) is 0 Å². The Hall–Kier alpha value is -1.15. The van der Waals surface area contributed by atoms with E-state index in [9.17, 15) is 4.79 Å². The average Bonchev–Trinajstić information content (AvgIpc) is 2.27. The number of Topliss-reactive ketones (excluding diaryl/α,β-unsaturated/α-hetero) is 1. The lowest BCUT2D eigenvalue weighted by Crippen LogP contribution is -2.13. The molecule has 2 nitrogen and oxygen atoms in total. The molecule has 16 heavy (non-hydrogen) atoms. The highest BCUT2D eigenvalue weighted by molar-refractivity contribution is 5.99. The summed E-state index contributed by atoms with van der Waals surface area (Å²) in [4.78, 5) is 12.0. The maximum absolute atomic E-state index is 12.0. The van der Waals surface area contributed by atoms with Crippen LogP contribution in [0.4, 0.5) is 0 Å². The van der Waals surface area contributed by atoms with Crippen LogP contribution < -0.4 is 5.73 Å². The van der Waals surface area contributed by atoms with E-state index in [0.29, 0.717) is 6.54 Å². The van der Waals surface area contributed by atoms with Crippen molar-refractivity contribution in [1.82, 2.24) is 0 Å². The fourth-order valence-electron chi connectivity index (χ4n) is 2.02. The van der Waals surface area contributed by atoms with Crippen LogP contribution in [0.15, 0.2) is 12.1 Å². The number of rotatable bonds is 4. The highest BCUT2D eigenvalue weighted by Gasteiger charge is 2.16. The molecule has 0 saturated heterocycles. The molecule has 0 bridgehead atoms. The molecule has 0 aliphatic rings. The van der Waals surface area contributed by atoms with E-state index in [1.54, 1.807) is 0 Å². The summed E-state index contributed by atoms with van der Waals surface area (Å²) in [6, 6.07) is 3.90. The van der Waals surface area contributed by atoms with E-state index in [2.05, 4.69) is 13.8 Å². The van der Waals surface area contributed by atoms with Crippen molar-refractivity contribution in [3.8, 4) is 0 Å².